The van der Waals surface area contributed by atoms with E-state index >= 15 is 0 Å². The van der Waals surface area contributed by atoms with E-state index in [1.807, 2.05) is 0 Å². The van der Waals surface area contributed by atoms with Crippen LogP contribution >= 0.6 is 0 Å². The van der Waals surface area contributed by atoms with Gasteiger partial charge in [0.15, 0.2) is 0 Å². The van der Waals surface area contributed by atoms with Gasteiger partial charge < -0.3 is 19.9 Å². The summed E-state index contributed by atoms with van der Waals surface area (Å²) in [6.07, 6.45) is 2.36. The van der Waals surface area contributed by atoms with E-state index in [-0.39, 0.29) is 11.9 Å². The number of rotatable bonds is 6. The number of hydrogen-bond acceptors (Lipinski definition) is 7. The molecule has 0 spiro atoms. The van der Waals surface area contributed by atoms with E-state index in [1.54, 1.807) is 24.3 Å². The zero-order valence-corrected chi connectivity index (χ0v) is 13.9. The van der Waals surface area contributed by atoms with Crippen LogP contribution in [0.1, 0.15) is 29.1 Å². The van der Waals surface area contributed by atoms with Gasteiger partial charge in [-0.1, -0.05) is 17.3 Å². The molecule has 2 N–H and O–H groups in total. The van der Waals surface area contributed by atoms with Gasteiger partial charge in [-0.05, 0) is 31.5 Å². The lowest BCUT2D eigenvalue weighted by molar-refractivity contribution is -0.122. The Hall–Kier alpha value is -2.74. The minimum Gasteiger partial charge on any atom is -0.465 e. The first-order chi connectivity index (χ1) is 12.2. The Kier molecular flexibility index (Phi) is 5.39. The zero-order valence-electron chi connectivity index (χ0n) is 13.9. The smallest absolute Gasteiger partial charge is 0.337 e. The van der Waals surface area contributed by atoms with Crippen LogP contribution in [0.3, 0.4) is 0 Å². The molecule has 1 fully saturated rings. The SMILES string of the molecule is COC(=O)c1ccc(-c2noc(CCNC(=O)C3CCCN3)n2)cc1. The second-order valence-electron chi connectivity index (χ2n) is 5.77. The number of esters is 1. The topological polar surface area (TPSA) is 106 Å². The summed E-state index contributed by atoms with van der Waals surface area (Å²) in [6, 6.07) is 6.66. The number of carbonyl (C=O) groups excluding carboxylic acids is 2. The Morgan fingerprint density at radius 3 is 2.84 bits per heavy atom. The maximum atomic E-state index is 11.9. The van der Waals surface area contributed by atoms with Crippen molar-refractivity contribution in [2.45, 2.75) is 25.3 Å². The summed E-state index contributed by atoms with van der Waals surface area (Å²) in [5.41, 5.74) is 1.19. The van der Waals surface area contributed by atoms with E-state index in [4.69, 9.17) is 4.52 Å². The predicted molar refractivity (Wildman–Crippen MR) is 88.8 cm³/mol. The molecule has 132 valence electrons. The largest absolute Gasteiger partial charge is 0.465 e. The summed E-state index contributed by atoms with van der Waals surface area (Å²) in [4.78, 5) is 27.6. The van der Waals surface area contributed by atoms with Crippen LogP contribution in [-0.2, 0) is 16.0 Å². The standard InChI is InChI=1S/C17H20N4O4/c1-24-17(23)12-6-4-11(5-7-12)15-20-14(25-21-15)8-10-19-16(22)13-3-2-9-18-13/h4-7,13,18H,2-3,8-10H2,1H3,(H,19,22). The highest BCUT2D eigenvalue weighted by Crippen LogP contribution is 2.17. The molecular weight excluding hydrogens is 324 g/mol. The van der Waals surface area contributed by atoms with E-state index in [1.165, 1.54) is 7.11 Å². The Bertz CT molecular complexity index is 735. The third-order valence-corrected chi connectivity index (χ3v) is 4.05. The summed E-state index contributed by atoms with van der Waals surface area (Å²) >= 11 is 0. The molecule has 8 heteroatoms. The second kappa shape index (κ2) is 7.89. The highest BCUT2D eigenvalue weighted by atomic mass is 16.5. The highest BCUT2D eigenvalue weighted by Gasteiger charge is 2.21. The third-order valence-electron chi connectivity index (χ3n) is 4.05. The van der Waals surface area contributed by atoms with Crippen LogP contribution in [0.25, 0.3) is 11.4 Å². The molecule has 0 radical (unpaired) electrons. The van der Waals surface area contributed by atoms with Gasteiger partial charge in [0.25, 0.3) is 0 Å². The number of hydrogen-bond donors (Lipinski definition) is 2. The molecule has 8 nitrogen and oxygen atoms in total. The first-order valence-electron chi connectivity index (χ1n) is 8.20. The molecule has 1 aliphatic rings. The fraction of sp³-hybridized carbons (Fsp3) is 0.412. The van der Waals surface area contributed by atoms with Crippen LogP contribution in [0, 0.1) is 0 Å². The number of ether oxygens (including phenoxy) is 1. The van der Waals surface area contributed by atoms with Crippen LogP contribution < -0.4 is 10.6 Å². The fourth-order valence-electron chi connectivity index (χ4n) is 2.67. The van der Waals surface area contributed by atoms with Crippen molar-refractivity contribution in [1.82, 2.24) is 20.8 Å². The van der Waals surface area contributed by atoms with Crippen molar-refractivity contribution in [1.29, 1.82) is 0 Å². The van der Waals surface area contributed by atoms with Crippen molar-refractivity contribution in [3.63, 3.8) is 0 Å². The van der Waals surface area contributed by atoms with Gasteiger partial charge in [-0.3, -0.25) is 4.79 Å². The lowest BCUT2D eigenvalue weighted by Crippen LogP contribution is -2.41. The van der Waals surface area contributed by atoms with Crippen molar-refractivity contribution < 1.29 is 18.8 Å². The van der Waals surface area contributed by atoms with Gasteiger partial charge in [-0.2, -0.15) is 4.98 Å². The Balaban J connectivity index is 1.53. The molecule has 2 aromatic rings. The highest BCUT2D eigenvalue weighted by molar-refractivity contribution is 5.89. The summed E-state index contributed by atoms with van der Waals surface area (Å²) in [5.74, 6) is 0.505. The monoisotopic (exact) mass is 344 g/mol. The molecule has 0 saturated carbocycles. The molecule has 0 aliphatic carbocycles. The Morgan fingerprint density at radius 2 is 2.16 bits per heavy atom. The van der Waals surface area contributed by atoms with Gasteiger partial charge in [-0.15, -0.1) is 0 Å². The van der Waals surface area contributed by atoms with Gasteiger partial charge in [0.05, 0.1) is 18.7 Å². The fourth-order valence-corrected chi connectivity index (χ4v) is 2.67. The number of aromatic nitrogens is 2. The normalized spacial score (nSPS) is 16.6. The minimum atomic E-state index is -0.396. The molecule has 1 aromatic carbocycles. The Labute approximate surface area is 144 Å². The van der Waals surface area contributed by atoms with E-state index in [2.05, 4.69) is 25.5 Å². The van der Waals surface area contributed by atoms with Crippen LogP contribution in [0.2, 0.25) is 0 Å². The van der Waals surface area contributed by atoms with Gasteiger partial charge in [0.1, 0.15) is 0 Å². The van der Waals surface area contributed by atoms with E-state index < -0.39 is 5.97 Å². The van der Waals surface area contributed by atoms with Crippen molar-refractivity contribution in [2.24, 2.45) is 0 Å². The summed E-state index contributed by atoms with van der Waals surface area (Å²) < 4.78 is 9.86. The summed E-state index contributed by atoms with van der Waals surface area (Å²) in [7, 11) is 1.34. The van der Waals surface area contributed by atoms with Crippen molar-refractivity contribution in [2.75, 3.05) is 20.2 Å². The third kappa shape index (κ3) is 4.21. The maximum absolute atomic E-state index is 11.9. The second-order valence-corrected chi connectivity index (χ2v) is 5.77. The molecule has 0 bridgehead atoms. The number of benzene rings is 1. The number of nitrogens with one attached hydrogen (secondary N) is 2. The Morgan fingerprint density at radius 1 is 1.36 bits per heavy atom. The van der Waals surface area contributed by atoms with E-state index in [0.29, 0.717) is 30.2 Å². The molecule has 2 heterocycles. The molecule has 1 atom stereocenters. The minimum absolute atomic E-state index is 0.00985. The van der Waals surface area contributed by atoms with Crippen molar-refractivity contribution in [3.05, 3.63) is 35.7 Å². The molecule has 1 unspecified atom stereocenters. The lowest BCUT2D eigenvalue weighted by Gasteiger charge is -2.09. The first-order valence-corrected chi connectivity index (χ1v) is 8.20. The summed E-state index contributed by atoms with van der Waals surface area (Å²) in [6.45, 7) is 1.33. The van der Waals surface area contributed by atoms with Crippen LogP contribution in [0.5, 0.6) is 0 Å². The van der Waals surface area contributed by atoms with E-state index in [0.717, 1.165) is 24.9 Å². The average molecular weight is 344 g/mol. The van der Waals surface area contributed by atoms with Gasteiger partial charge >= 0.3 is 5.97 Å². The van der Waals surface area contributed by atoms with Gasteiger partial charge in [0.2, 0.25) is 17.6 Å². The van der Waals surface area contributed by atoms with Crippen LogP contribution in [0.15, 0.2) is 28.8 Å². The van der Waals surface area contributed by atoms with Crippen molar-refractivity contribution >= 4 is 11.9 Å². The maximum Gasteiger partial charge on any atom is 0.337 e. The average Bonchev–Trinajstić information content (AvgIpc) is 3.33. The molecule has 1 saturated heterocycles. The molecule has 1 amide bonds. The van der Waals surface area contributed by atoms with Crippen LogP contribution in [-0.4, -0.2) is 48.3 Å². The molecular formula is C17H20N4O4. The predicted octanol–water partition coefficient (Wildman–Crippen LogP) is 0.934. The first kappa shape index (κ1) is 17.1. The molecule has 25 heavy (non-hydrogen) atoms. The van der Waals surface area contributed by atoms with Gasteiger partial charge in [0, 0.05) is 18.5 Å². The summed E-state index contributed by atoms with van der Waals surface area (Å²) in [5, 5.41) is 9.95. The van der Waals surface area contributed by atoms with Crippen molar-refractivity contribution in [3.8, 4) is 11.4 Å². The lowest BCUT2D eigenvalue weighted by atomic mass is 10.1. The van der Waals surface area contributed by atoms with Gasteiger partial charge in [-0.25, -0.2) is 4.79 Å². The number of nitrogens with zero attached hydrogens (tertiary/aromatic N) is 2. The molecule has 1 aromatic heterocycles. The zero-order chi connectivity index (χ0) is 17.6. The van der Waals surface area contributed by atoms with Crippen LogP contribution in [0.4, 0.5) is 0 Å². The number of methoxy groups -OCH3 is 1. The number of amides is 1. The number of carbonyl (C=O) groups is 2. The quantitative estimate of drug-likeness (QED) is 0.751. The molecule has 1 aliphatic heterocycles. The van der Waals surface area contributed by atoms with E-state index in [9.17, 15) is 9.59 Å². The molecule has 3 rings (SSSR count).